The molecule has 0 aromatic heterocycles. The lowest BCUT2D eigenvalue weighted by molar-refractivity contribution is -0.255. The lowest BCUT2D eigenvalue weighted by Gasteiger charge is -2.08. The summed E-state index contributed by atoms with van der Waals surface area (Å²) in [6.45, 7) is 6.37. The van der Waals surface area contributed by atoms with Crippen molar-refractivity contribution in [2.24, 2.45) is 0 Å². The molecule has 0 aliphatic rings. The van der Waals surface area contributed by atoms with Gasteiger partial charge in [0.2, 0.25) is 0 Å². The third kappa shape index (κ3) is 2.80. The van der Waals surface area contributed by atoms with Crippen molar-refractivity contribution >= 4 is 11.7 Å². The Balaban J connectivity index is 3.05. The van der Waals surface area contributed by atoms with Crippen LogP contribution in [-0.4, -0.2) is 12.6 Å². The van der Waals surface area contributed by atoms with E-state index < -0.39 is 0 Å². The summed E-state index contributed by atoms with van der Waals surface area (Å²) in [6.07, 6.45) is 0. The van der Waals surface area contributed by atoms with Crippen LogP contribution in [0.2, 0.25) is 0 Å². The Bertz CT molecular complexity index is 359. The van der Waals surface area contributed by atoms with Crippen molar-refractivity contribution in [1.29, 1.82) is 0 Å². The van der Waals surface area contributed by atoms with E-state index in [1.54, 1.807) is 6.92 Å². The van der Waals surface area contributed by atoms with Crippen LogP contribution in [0.25, 0.3) is 0 Å². The van der Waals surface area contributed by atoms with Crippen LogP contribution < -0.4 is 5.73 Å². The number of hydrogen-bond acceptors (Lipinski definition) is 2. The van der Waals surface area contributed by atoms with Gasteiger partial charge in [0.05, 0.1) is 6.61 Å². The van der Waals surface area contributed by atoms with Gasteiger partial charge in [-0.25, -0.2) is 4.79 Å². The van der Waals surface area contributed by atoms with Gasteiger partial charge in [-0.2, -0.15) is 0 Å². The van der Waals surface area contributed by atoms with E-state index in [-0.39, 0.29) is 5.97 Å². The van der Waals surface area contributed by atoms with E-state index in [0.717, 1.165) is 11.3 Å². The molecule has 0 amide bonds. The molecule has 3 nitrogen and oxygen atoms in total. The van der Waals surface area contributed by atoms with Gasteiger partial charge in [-0.05, 0) is 24.5 Å². The molecule has 1 aromatic rings. The highest BCUT2D eigenvalue weighted by atomic mass is 16.5. The zero-order valence-corrected chi connectivity index (χ0v) is 9.54. The number of carbonyl (C=O) groups excluding carboxylic acids is 1. The number of rotatable bonds is 3. The van der Waals surface area contributed by atoms with Crippen LogP contribution in [0.1, 0.15) is 42.6 Å². The van der Waals surface area contributed by atoms with Crippen molar-refractivity contribution in [1.82, 2.24) is 0 Å². The minimum atomic E-state index is -0.287. The molecule has 3 N–H and O–H groups in total. The minimum Gasteiger partial charge on any atom is -0.462 e. The summed E-state index contributed by atoms with van der Waals surface area (Å²) >= 11 is 0. The molecule has 0 saturated heterocycles. The zero-order valence-electron chi connectivity index (χ0n) is 9.54. The molecule has 3 heteroatoms. The van der Waals surface area contributed by atoms with Gasteiger partial charge in [0.1, 0.15) is 11.3 Å². The lowest BCUT2D eigenvalue weighted by atomic mass is 10.00. The molecule has 0 radical (unpaired) electrons. The van der Waals surface area contributed by atoms with Gasteiger partial charge in [0.25, 0.3) is 0 Å². The second kappa shape index (κ2) is 4.94. The second-order valence-corrected chi connectivity index (χ2v) is 3.79. The SMILES string of the molecule is CCOC(=O)c1cc(C(C)C)ccc1[NH3+]. The van der Waals surface area contributed by atoms with Gasteiger partial charge < -0.3 is 10.5 Å². The first-order valence-electron chi connectivity index (χ1n) is 5.19. The molecule has 82 valence electrons. The summed E-state index contributed by atoms with van der Waals surface area (Å²) in [6, 6.07) is 5.72. The standard InChI is InChI=1S/C12H17NO2/c1-4-15-12(14)10-7-9(8(2)3)5-6-11(10)13/h5-8H,4,13H2,1-3H3/p+1. The molecule has 0 heterocycles. The minimum absolute atomic E-state index is 0.287. The first-order chi connectivity index (χ1) is 7.06. The fraction of sp³-hybridized carbons (Fsp3) is 0.417. The highest BCUT2D eigenvalue weighted by molar-refractivity contribution is 5.93. The Morgan fingerprint density at radius 3 is 2.67 bits per heavy atom. The number of carbonyl (C=O) groups is 1. The zero-order chi connectivity index (χ0) is 11.4. The van der Waals surface area contributed by atoms with Crippen LogP contribution in [0.5, 0.6) is 0 Å². The molecule has 1 rings (SSSR count). The predicted molar refractivity (Wildman–Crippen MR) is 59.0 cm³/mol. The summed E-state index contributed by atoms with van der Waals surface area (Å²) < 4.78 is 4.96. The van der Waals surface area contributed by atoms with E-state index in [2.05, 4.69) is 19.6 Å². The van der Waals surface area contributed by atoms with Crippen molar-refractivity contribution in [2.45, 2.75) is 26.7 Å². The Kier molecular flexibility index (Phi) is 3.86. The second-order valence-electron chi connectivity index (χ2n) is 3.79. The topological polar surface area (TPSA) is 53.9 Å². The molecule has 15 heavy (non-hydrogen) atoms. The van der Waals surface area contributed by atoms with Gasteiger partial charge in [-0.3, -0.25) is 0 Å². The Labute approximate surface area is 90.2 Å². The molecule has 0 saturated carbocycles. The molecular weight excluding hydrogens is 190 g/mol. The number of quaternary nitrogens is 1. The maximum atomic E-state index is 11.6. The van der Waals surface area contributed by atoms with Crippen molar-refractivity contribution in [3.05, 3.63) is 29.3 Å². The number of benzene rings is 1. The molecule has 1 aromatic carbocycles. The Morgan fingerprint density at radius 2 is 2.13 bits per heavy atom. The van der Waals surface area contributed by atoms with Crippen molar-refractivity contribution in [3.8, 4) is 0 Å². The Hall–Kier alpha value is -1.35. The fourth-order valence-corrected chi connectivity index (χ4v) is 1.35. The van der Waals surface area contributed by atoms with Crippen LogP contribution in [-0.2, 0) is 4.74 Å². The average Bonchev–Trinajstić information content (AvgIpc) is 2.18. The summed E-state index contributed by atoms with van der Waals surface area (Å²) in [5, 5.41) is 0. The van der Waals surface area contributed by atoms with Gasteiger partial charge in [0, 0.05) is 6.07 Å². The summed E-state index contributed by atoms with van der Waals surface area (Å²) in [5.41, 5.74) is 6.25. The van der Waals surface area contributed by atoms with E-state index in [0.29, 0.717) is 18.1 Å². The molecule has 0 spiro atoms. The third-order valence-electron chi connectivity index (χ3n) is 2.30. The van der Waals surface area contributed by atoms with Crippen molar-refractivity contribution in [2.75, 3.05) is 6.61 Å². The summed E-state index contributed by atoms with van der Waals surface area (Å²) in [7, 11) is 0. The number of ether oxygens (including phenoxy) is 1. The monoisotopic (exact) mass is 208 g/mol. The maximum Gasteiger partial charge on any atom is 0.344 e. The average molecular weight is 208 g/mol. The van der Waals surface area contributed by atoms with Crippen LogP contribution >= 0.6 is 0 Å². The van der Waals surface area contributed by atoms with Crippen LogP contribution in [0.3, 0.4) is 0 Å². The first kappa shape index (κ1) is 11.7. The maximum absolute atomic E-state index is 11.6. The molecule has 0 unspecified atom stereocenters. The Morgan fingerprint density at radius 1 is 1.47 bits per heavy atom. The third-order valence-corrected chi connectivity index (χ3v) is 2.30. The molecule has 0 aliphatic heterocycles. The smallest absolute Gasteiger partial charge is 0.344 e. The van der Waals surface area contributed by atoms with E-state index in [9.17, 15) is 4.79 Å². The van der Waals surface area contributed by atoms with Crippen LogP contribution in [0, 0.1) is 0 Å². The van der Waals surface area contributed by atoms with Crippen molar-refractivity contribution in [3.63, 3.8) is 0 Å². The van der Waals surface area contributed by atoms with Gasteiger partial charge in [-0.15, -0.1) is 0 Å². The van der Waals surface area contributed by atoms with Crippen molar-refractivity contribution < 1.29 is 15.3 Å². The lowest BCUT2D eigenvalue weighted by Crippen LogP contribution is -2.42. The fourth-order valence-electron chi connectivity index (χ4n) is 1.35. The van der Waals surface area contributed by atoms with E-state index >= 15 is 0 Å². The van der Waals surface area contributed by atoms with Gasteiger partial charge in [-0.1, -0.05) is 19.9 Å². The summed E-state index contributed by atoms with van der Waals surface area (Å²) in [5.74, 6) is 0.115. The van der Waals surface area contributed by atoms with E-state index in [4.69, 9.17) is 4.74 Å². The van der Waals surface area contributed by atoms with Gasteiger partial charge in [0.15, 0.2) is 0 Å². The normalized spacial score (nSPS) is 10.5. The van der Waals surface area contributed by atoms with Crippen LogP contribution in [0.15, 0.2) is 18.2 Å². The van der Waals surface area contributed by atoms with E-state index in [1.165, 1.54) is 0 Å². The van der Waals surface area contributed by atoms with E-state index in [1.807, 2.05) is 18.2 Å². The predicted octanol–water partition coefficient (Wildman–Crippen LogP) is 1.86. The molecule has 0 aliphatic carbocycles. The molecular formula is C12H18NO2+. The number of hydrogen-bond donors (Lipinski definition) is 1. The highest BCUT2D eigenvalue weighted by Crippen LogP contribution is 2.20. The summed E-state index contributed by atoms with van der Waals surface area (Å²) in [4.78, 5) is 11.6. The highest BCUT2D eigenvalue weighted by Gasteiger charge is 2.14. The number of esters is 1. The largest absolute Gasteiger partial charge is 0.462 e. The quantitative estimate of drug-likeness (QED) is 0.771. The first-order valence-corrected chi connectivity index (χ1v) is 5.19. The van der Waals surface area contributed by atoms with Crippen LogP contribution in [0.4, 0.5) is 5.69 Å². The molecule has 0 fully saturated rings. The molecule has 0 bridgehead atoms. The van der Waals surface area contributed by atoms with Gasteiger partial charge >= 0.3 is 5.97 Å². The molecule has 0 atom stereocenters.